The average Bonchev–Trinajstić information content (AvgIpc) is 2.46. The van der Waals surface area contributed by atoms with Crippen molar-refractivity contribution < 1.29 is 28.3 Å². The SMILES string of the molecule is CCOC(=O)C(F)(F)[C@@H](N)c1cc(C#N)cc([N+](=O)[O-])c1O.Cl. The van der Waals surface area contributed by atoms with Gasteiger partial charge < -0.3 is 15.6 Å². The van der Waals surface area contributed by atoms with Crippen molar-refractivity contribution in [1.82, 2.24) is 0 Å². The van der Waals surface area contributed by atoms with Gasteiger partial charge in [-0.25, -0.2) is 4.79 Å². The van der Waals surface area contributed by atoms with Gasteiger partial charge in [0.15, 0.2) is 5.75 Å². The van der Waals surface area contributed by atoms with Crippen molar-refractivity contribution in [3.8, 4) is 11.8 Å². The number of nitrogens with zero attached hydrogens (tertiary/aromatic N) is 2. The molecule has 1 rings (SSSR count). The number of aromatic hydroxyl groups is 1. The minimum absolute atomic E-state index is 0. The molecule has 0 aliphatic heterocycles. The van der Waals surface area contributed by atoms with E-state index in [1.807, 2.05) is 0 Å². The van der Waals surface area contributed by atoms with Crippen LogP contribution in [0, 0.1) is 21.4 Å². The Labute approximate surface area is 135 Å². The molecule has 8 nitrogen and oxygen atoms in total. The number of nitro benzene ring substituents is 1. The number of halogens is 3. The number of nitro groups is 1. The largest absolute Gasteiger partial charge is 0.502 e. The lowest BCUT2D eigenvalue weighted by atomic mass is 9.97. The molecule has 0 amide bonds. The van der Waals surface area contributed by atoms with E-state index >= 15 is 0 Å². The summed E-state index contributed by atoms with van der Waals surface area (Å²) < 4.78 is 31.9. The first-order valence-corrected chi connectivity index (χ1v) is 5.88. The predicted octanol–water partition coefficient (Wildman–Crippen LogP) is 1.79. The van der Waals surface area contributed by atoms with Gasteiger partial charge in [0, 0.05) is 11.6 Å². The number of hydrogen-bond donors (Lipinski definition) is 2. The maximum Gasteiger partial charge on any atom is 0.379 e. The molecule has 3 N–H and O–H groups in total. The molecule has 0 aliphatic carbocycles. The van der Waals surface area contributed by atoms with Gasteiger partial charge in [-0.15, -0.1) is 12.4 Å². The van der Waals surface area contributed by atoms with E-state index in [-0.39, 0.29) is 24.6 Å². The molecular formula is C12H12ClF2N3O5. The molecular weight excluding hydrogens is 340 g/mol. The average molecular weight is 352 g/mol. The van der Waals surface area contributed by atoms with Gasteiger partial charge in [0.1, 0.15) is 6.04 Å². The third-order valence-corrected chi connectivity index (χ3v) is 2.72. The fourth-order valence-electron chi connectivity index (χ4n) is 1.63. The van der Waals surface area contributed by atoms with Crippen LogP contribution in [0.1, 0.15) is 24.1 Å². The molecule has 0 fully saturated rings. The molecule has 0 unspecified atom stereocenters. The highest BCUT2D eigenvalue weighted by Crippen LogP contribution is 2.40. The van der Waals surface area contributed by atoms with Crippen LogP contribution in [0.5, 0.6) is 5.75 Å². The first-order valence-electron chi connectivity index (χ1n) is 5.88. The van der Waals surface area contributed by atoms with E-state index in [1.54, 1.807) is 0 Å². The molecule has 0 bridgehead atoms. The van der Waals surface area contributed by atoms with Crippen molar-refractivity contribution in [2.45, 2.75) is 18.9 Å². The van der Waals surface area contributed by atoms with E-state index in [9.17, 15) is 28.8 Å². The summed E-state index contributed by atoms with van der Waals surface area (Å²) in [6.45, 7) is 0.976. The molecule has 0 spiro atoms. The van der Waals surface area contributed by atoms with Crippen LogP contribution in [-0.4, -0.2) is 28.5 Å². The lowest BCUT2D eigenvalue weighted by Gasteiger charge is -2.22. The molecule has 23 heavy (non-hydrogen) atoms. The lowest BCUT2D eigenvalue weighted by Crippen LogP contribution is -2.41. The Morgan fingerprint density at radius 1 is 1.61 bits per heavy atom. The summed E-state index contributed by atoms with van der Waals surface area (Å²) in [5, 5.41) is 29.2. The van der Waals surface area contributed by atoms with E-state index in [1.165, 1.54) is 13.0 Å². The van der Waals surface area contributed by atoms with Crippen LogP contribution in [-0.2, 0) is 9.53 Å². The Hall–Kier alpha value is -2.51. The zero-order chi connectivity index (χ0) is 17.1. The summed E-state index contributed by atoms with van der Waals surface area (Å²) in [5.74, 6) is -7.32. The molecule has 0 aromatic heterocycles. The van der Waals surface area contributed by atoms with E-state index in [4.69, 9.17) is 11.0 Å². The number of benzene rings is 1. The van der Waals surface area contributed by atoms with Gasteiger partial charge in [-0.05, 0) is 13.0 Å². The fourth-order valence-corrected chi connectivity index (χ4v) is 1.63. The first-order chi connectivity index (χ1) is 10.2. The van der Waals surface area contributed by atoms with Crippen molar-refractivity contribution in [1.29, 1.82) is 5.26 Å². The van der Waals surface area contributed by atoms with Gasteiger partial charge in [0.25, 0.3) is 0 Å². The summed E-state index contributed by atoms with van der Waals surface area (Å²) in [6, 6.07) is 0.553. The zero-order valence-electron chi connectivity index (χ0n) is 11.7. The highest BCUT2D eigenvalue weighted by atomic mass is 35.5. The normalized spacial score (nSPS) is 11.8. The number of hydrogen-bond acceptors (Lipinski definition) is 7. The number of alkyl halides is 2. The molecule has 126 valence electrons. The van der Waals surface area contributed by atoms with E-state index in [0.717, 1.165) is 6.07 Å². The number of rotatable bonds is 5. The number of nitriles is 1. The van der Waals surface area contributed by atoms with Crippen LogP contribution in [0.2, 0.25) is 0 Å². The minimum atomic E-state index is -4.24. The van der Waals surface area contributed by atoms with Gasteiger partial charge >= 0.3 is 17.6 Å². The van der Waals surface area contributed by atoms with Crippen LogP contribution >= 0.6 is 12.4 Å². The number of phenolic OH excluding ortho intramolecular Hbond substituents is 1. The Morgan fingerprint density at radius 3 is 2.61 bits per heavy atom. The second kappa shape index (κ2) is 7.66. The van der Waals surface area contributed by atoms with Gasteiger partial charge in [-0.2, -0.15) is 14.0 Å². The number of carbonyl (C=O) groups excluding carboxylic acids is 1. The number of carbonyl (C=O) groups is 1. The maximum atomic E-state index is 13.9. The molecule has 1 aromatic rings. The Morgan fingerprint density at radius 2 is 2.17 bits per heavy atom. The Balaban J connectivity index is 0.00000484. The van der Waals surface area contributed by atoms with Gasteiger partial charge in [0.05, 0.1) is 23.2 Å². The first kappa shape index (κ1) is 20.5. The number of esters is 1. The van der Waals surface area contributed by atoms with Gasteiger partial charge in [-0.3, -0.25) is 10.1 Å². The van der Waals surface area contributed by atoms with Crippen LogP contribution in [0.3, 0.4) is 0 Å². The number of ether oxygens (including phenoxy) is 1. The summed E-state index contributed by atoms with van der Waals surface area (Å²) in [7, 11) is 0. The number of nitrogens with two attached hydrogens (primary N) is 1. The monoisotopic (exact) mass is 351 g/mol. The van der Waals surface area contributed by atoms with E-state index < -0.39 is 39.9 Å². The molecule has 0 radical (unpaired) electrons. The van der Waals surface area contributed by atoms with Crippen LogP contribution in [0.4, 0.5) is 14.5 Å². The second-order valence-electron chi connectivity index (χ2n) is 4.12. The second-order valence-corrected chi connectivity index (χ2v) is 4.12. The van der Waals surface area contributed by atoms with E-state index in [2.05, 4.69) is 4.74 Å². The smallest absolute Gasteiger partial charge is 0.379 e. The summed E-state index contributed by atoms with van der Waals surface area (Å²) >= 11 is 0. The molecule has 0 saturated heterocycles. The van der Waals surface area contributed by atoms with Crippen LogP contribution in [0.25, 0.3) is 0 Å². The topological polar surface area (TPSA) is 139 Å². The van der Waals surface area contributed by atoms with Crippen LogP contribution in [0.15, 0.2) is 12.1 Å². The Bertz CT molecular complexity index is 663. The van der Waals surface area contributed by atoms with Crippen molar-refractivity contribution in [2.75, 3.05) is 6.61 Å². The number of phenols is 1. The predicted molar refractivity (Wildman–Crippen MR) is 75.2 cm³/mol. The van der Waals surface area contributed by atoms with Crippen molar-refractivity contribution in [3.63, 3.8) is 0 Å². The quantitative estimate of drug-likeness (QED) is 0.468. The standard InChI is InChI=1S/C12H11F2N3O5.ClH/c1-2-22-11(19)12(13,14)10(16)7-3-6(5-15)4-8(9(7)18)17(20)21;/h3-4,10,18H,2,16H2,1H3;1H/t10-;/m0./s1. The third kappa shape index (κ3) is 4.02. The van der Waals surface area contributed by atoms with Crippen molar-refractivity contribution in [3.05, 3.63) is 33.4 Å². The zero-order valence-corrected chi connectivity index (χ0v) is 12.5. The molecule has 1 aromatic carbocycles. The Kier molecular flexibility index (Phi) is 6.83. The van der Waals surface area contributed by atoms with Crippen molar-refractivity contribution >= 4 is 24.1 Å². The molecule has 0 aliphatic rings. The molecule has 11 heteroatoms. The summed E-state index contributed by atoms with van der Waals surface area (Å²) in [5.41, 5.74) is 3.12. The van der Waals surface area contributed by atoms with Gasteiger partial charge in [-0.1, -0.05) is 0 Å². The third-order valence-electron chi connectivity index (χ3n) is 2.72. The molecule has 0 heterocycles. The fraction of sp³-hybridized carbons (Fsp3) is 0.333. The summed E-state index contributed by atoms with van der Waals surface area (Å²) in [4.78, 5) is 20.9. The minimum Gasteiger partial charge on any atom is -0.502 e. The highest BCUT2D eigenvalue weighted by Gasteiger charge is 2.49. The van der Waals surface area contributed by atoms with Gasteiger partial charge in [0.2, 0.25) is 0 Å². The summed E-state index contributed by atoms with van der Waals surface area (Å²) in [6.07, 6.45) is 0. The lowest BCUT2D eigenvalue weighted by molar-refractivity contribution is -0.386. The van der Waals surface area contributed by atoms with Crippen molar-refractivity contribution in [2.24, 2.45) is 5.73 Å². The molecule has 1 atom stereocenters. The highest BCUT2D eigenvalue weighted by molar-refractivity contribution is 5.85. The maximum absolute atomic E-state index is 13.9. The van der Waals surface area contributed by atoms with Crippen LogP contribution < -0.4 is 5.73 Å². The molecule has 0 saturated carbocycles. The van der Waals surface area contributed by atoms with E-state index in [0.29, 0.717) is 6.07 Å².